The third-order valence-electron chi connectivity index (χ3n) is 5.43. The fourth-order valence-corrected chi connectivity index (χ4v) is 3.97. The van der Waals surface area contributed by atoms with Gasteiger partial charge < -0.3 is 9.47 Å². The van der Waals surface area contributed by atoms with Crippen LogP contribution in [0.4, 0.5) is 0 Å². The zero-order valence-corrected chi connectivity index (χ0v) is 17.0. The third-order valence-corrected chi connectivity index (χ3v) is 5.43. The van der Waals surface area contributed by atoms with Crippen LogP contribution in [0.15, 0.2) is 115 Å². The van der Waals surface area contributed by atoms with Gasteiger partial charge in [-0.3, -0.25) is 0 Å². The lowest BCUT2D eigenvalue weighted by atomic mass is 9.69. The topological polar surface area (TPSA) is 35.5 Å². The summed E-state index contributed by atoms with van der Waals surface area (Å²) in [4.78, 5) is 13.4. The molecule has 3 heteroatoms. The standard InChI is InChI=1S/C27H24O3/c1-21-25(26(28)30-20-23-13-7-3-8-14-23)27(17-18-29-21,24-15-9-4-10-16-24)19-22-11-5-2-6-12-22/h2-18H,19-20H2,1H3. The zero-order valence-electron chi connectivity index (χ0n) is 17.0. The Kier molecular flexibility index (Phi) is 5.80. The molecule has 1 unspecified atom stereocenters. The van der Waals surface area contributed by atoms with E-state index in [9.17, 15) is 4.79 Å². The molecular formula is C27H24O3. The molecule has 0 amide bonds. The van der Waals surface area contributed by atoms with E-state index in [1.165, 1.54) is 0 Å². The van der Waals surface area contributed by atoms with Crippen molar-refractivity contribution in [1.82, 2.24) is 0 Å². The highest BCUT2D eigenvalue weighted by Gasteiger charge is 2.42. The summed E-state index contributed by atoms with van der Waals surface area (Å²) in [6, 6.07) is 30.0. The Bertz CT molecular complexity index is 1050. The van der Waals surface area contributed by atoms with E-state index in [0.29, 0.717) is 17.8 Å². The molecular weight excluding hydrogens is 372 g/mol. The van der Waals surface area contributed by atoms with E-state index in [1.807, 2.05) is 79.7 Å². The molecule has 1 aliphatic heterocycles. The van der Waals surface area contributed by atoms with E-state index in [-0.39, 0.29) is 12.6 Å². The Morgan fingerprint density at radius 1 is 0.833 bits per heavy atom. The summed E-state index contributed by atoms with van der Waals surface area (Å²) in [6.07, 6.45) is 4.28. The Hall–Kier alpha value is -3.59. The van der Waals surface area contributed by atoms with E-state index in [0.717, 1.165) is 16.7 Å². The molecule has 3 aromatic carbocycles. The minimum atomic E-state index is -0.668. The van der Waals surface area contributed by atoms with Gasteiger partial charge in [0.05, 0.1) is 17.3 Å². The van der Waals surface area contributed by atoms with Gasteiger partial charge in [0.25, 0.3) is 0 Å². The molecule has 0 radical (unpaired) electrons. The number of rotatable bonds is 6. The van der Waals surface area contributed by atoms with Gasteiger partial charge in [-0.1, -0.05) is 91.0 Å². The second-order valence-electron chi connectivity index (χ2n) is 7.41. The second-order valence-corrected chi connectivity index (χ2v) is 7.41. The van der Waals surface area contributed by atoms with Crippen LogP contribution in [0, 0.1) is 0 Å². The van der Waals surface area contributed by atoms with Crippen molar-refractivity contribution in [3.05, 3.63) is 131 Å². The number of carbonyl (C=O) groups is 1. The molecule has 1 aliphatic rings. The van der Waals surface area contributed by atoms with Gasteiger partial charge in [0.15, 0.2) is 0 Å². The predicted molar refractivity (Wildman–Crippen MR) is 117 cm³/mol. The Balaban J connectivity index is 1.73. The summed E-state index contributed by atoms with van der Waals surface area (Å²) in [5, 5.41) is 0. The fourth-order valence-electron chi connectivity index (χ4n) is 3.97. The maximum atomic E-state index is 13.4. The predicted octanol–water partition coefficient (Wildman–Crippen LogP) is 5.73. The Morgan fingerprint density at radius 2 is 1.40 bits per heavy atom. The minimum absolute atomic E-state index is 0.219. The van der Waals surface area contributed by atoms with Gasteiger partial charge in [-0.25, -0.2) is 4.79 Å². The first-order valence-electron chi connectivity index (χ1n) is 10.1. The molecule has 0 aliphatic carbocycles. The SMILES string of the molecule is CC1=C(C(=O)OCc2ccccc2)C(Cc2ccccc2)(c2ccccc2)C=CO1. The molecule has 0 bridgehead atoms. The summed E-state index contributed by atoms with van der Waals surface area (Å²) >= 11 is 0. The van der Waals surface area contributed by atoms with Gasteiger partial charge in [-0.15, -0.1) is 0 Å². The fraction of sp³-hybridized carbons (Fsp3) is 0.148. The van der Waals surface area contributed by atoms with Crippen molar-refractivity contribution in [3.8, 4) is 0 Å². The van der Waals surface area contributed by atoms with Crippen LogP contribution in [-0.2, 0) is 32.7 Å². The molecule has 3 nitrogen and oxygen atoms in total. The molecule has 0 spiro atoms. The van der Waals surface area contributed by atoms with Gasteiger partial charge in [0, 0.05) is 0 Å². The van der Waals surface area contributed by atoms with Crippen LogP contribution in [0.1, 0.15) is 23.6 Å². The molecule has 0 fully saturated rings. The number of allylic oxidation sites excluding steroid dienone is 2. The summed E-state index contributed by atoms with van der Waals surface area (Å²) in [5.74, 6) is 0.204. The first-order chi connectivity index (χ1) is 14.7. The third kappa shape index (κ3) is 4.06. The summed E-state index contributed by atoms with van der Waals surface area (Å²) in [7, 11) is 0. The van der Waals surface area contributed by atoms with E-state index >= 15 is 0 Å². The van der Waals surface area contributed by atoms with Gasteiger partial charge in [-0.05, 0) is 36.1 Å². The van der Waals surface area contributed by atoms with Crippen molar-refractivity contribution in [3.63, 3.8) is 0 Å². The molecule has 4 rings (SSSR count). The van der Waals surface area contributed by atoms with E-state index < -0.39 is 5.41 Å². The minimum Gasteiger partial charge on any atom is -0.469 e. The molecule has 1 atom stereocenters. The molecule has 150 valence electrons. The molecule has 0 saturated heterocycles. The van der Waals surface area contributed by atoms with Crippen LogP contribution in [0.5, 0.6) is 0 Å². The Morgan fingerprint density at radius 3 is 2.03 bits per heavy atom. The lowest BCUT2D eigenvalue weighted by molar-refractivity contribution is -0.141. The monoisotopic (exact) mass is 396 g/mol. The normalized spacial score (nSPS) is 18.0. The van der Waals surface area contributed by atoms with Gasteiger partial charge in [0.1, 0.15) is 12.4 Å². The lowest BCUT2D eigenvalue weighted by Gasteiger charge is -2.36. The van der Waals surface area contributed by atoms with Crippen molar-refractivity contribution in [2.24, 2.45) is 0 Å². The van der Waals surface area contributed by atoms with Crippen molar-refractivity contribution >= 4 is 5.97 Å². The van der Waals surface area contributed by atoms with Crippen LogP contribution >= 0.6 is 0 Å². The summed E-state index contributed by atoms with van der Waals surface area (Å²) in [6.45, 7) is 2.04. The highest BCUT2D eigenvalue weighted by molar-refractivity contribution is 5.93. The number of hydrogen-bond acceptors (Lipinski definition) is 3. The summed E-state index contributed by atoms with van der Waals surface area (Å²) < 4.78 is 11.4. The molecule has 0 aromatic heterocycles. The number of ether oxygens (including phenoxy) is 2. The van der Waals surface area contributed by atoms with Gasteiger partial charge in [0.2, 0.25) is 0 Å². The van der Waals surface area contributed by atoms with Crippen LogP contribution in [0.25, 0.3) is 0 Å². The zero-order chi connectivity index (χ0) is 20.8. The lowest BCUT2D eigenvalue weighted by Crippen LogP contribution is -2.36. The number of carbonyl (C=O) groups excluding carboxylic acids is 1. The molecule has 1 heterocycles. The van der Waals surface area contributed by atoms with Crippen molar-refractivity contribution in [2.45, 2.75) is 25.4 Å². The van der Waals surface area contributed by atoms with Crippen molar-refractivity contribution < 1.29 is 14.3 Å². The largest absolute Gasteiger partial charge is 0.469 e. The Labute approximate surface area is 177 Å². The number of esters is 1. The highest BCUT2D eigenvalue weighted by Crippen LogP contribution is 2.42. The van der Waals surface area contributed by atoms with Gasteiger partial charge >= 0.3 is 5.97 Å². The average Bonchev–Trinajstić information content (AvgIpc) is 2.79. The maximum absolute atomic E-state index is 13.4. The smallest absolute Gasteiger partial charge is 0.339 e. The van der Waals surface area contributed by atoms with E-state index in [1.54, 1.807) is 6.26 Å². The maximum Gasteiger partial charge on any atom is 0.339 e. The second kappa shape index (κ2) is 8.83. The number of hydrogen-bond donors (Lipinski definition) is 0. The quantitative estimate of drug-likeness (QED) is 0.499. The molecule has 30 heavy (non-hydrogen) atoms. The van der Waals surface area contributed by atoms with Crippen LogP contribution in [-0.4, -0.2) is 5.97 Å². The van der Waals surface area contributed by atoms with Crippen LogP contribution in [0.3, 0.4) is 0 Å². The first-order valence-corrected chi connectivity index (χ1v) is 10.1. The van der Waals surface area contributed by atoms with Crippen molar-refractivity contribution in [2.75, 3.05) is 0 Å². The van der Waals surface area contributed by atoms with E-state index in [4.69, 9.17) is 9.47 Å². The van der Waals surface area contributed by atoms with E-state index in [2.05, 4.69) is 24.3 Å². The highest BCUT2D eigenvalue weighted by atomic mass is 16.5. The molecule has 0 N–H and O–H groups in total. The first kappa shape index (κ1) is 19.7. The van der Waals surface area contributed by atoms with Gasteiger partial charge in [-0.2, -0.15) is 0 Å². The van der Waals surface area contributed by atoms with Crippen LogP contribution in [0.2, 0.25) is 0 Å². The molecule has 0 saturated carbocycles. The summed E-state index contributed by atoms with van der Waals surface area (Å²) in [5.41, 5.74) is 2.98. The van der Waals surface area contributed by atoms with Crippen molar-refractivity contribution in [1.29, 1.82) is 0 Å². The molecule has 3 aromatic rings. The number of benzene rings is 3. The van der Waals surface area contributed by atoms with Crippen LogP contribution < -0.4 is 0 Å². The average molecular weight is 396 g/mol.